The molecule has 1 fully saturated rings. The van der Waals surface area contributed by atoms with Crippen molar-refractivity contribution in [1.29, 1.82) is 0 Å². The molecule has 2 aromatic carbocycles. The molecule has 1 atom stereocenters. The number of carbonyl (C=O) groups excluding carboxylic acids is 1. The Labute approximate surface area is 153 Å². The van der Waals surface area contributed by atoms with Crippen LogP contribution in [0.5, 0.6) is 0 Å². The lowest BCUT2D eigenvalue weighted by Gasteiger charge is -2.33. The first-order valence-electron chi connectivity index (χ1n) is 8.85. The summed E-state index contributed by atoms with van der Waals surface area (Å²) in [5.41, 5.74) is 2.27. The van der Waals surface area contributed by atoms with Crippen LogP contribution in [0.4, 0.5) is 5.69 Å². The Hall–Kier alpha value is -2.73. The van der Waals surface area contributed by atoms with Gasteiger partial charge in [-0.15, -0.1) is 0 Å². The molecular formula is C20H23N3O3. The summed E-state index contributed by atoms with van der Waals surface area (Å²) in [6, 6.07) is 14.9. The zero-order valence-electron chi connectivity index (χ0n) is 14.9. The van der Waals surface area contributed by atoms with Crippen LogP contribution >= 0.6 is 0 Å². The molecule has 1 unspecified atom stereocenters. The van der Waals surface area contributed by atoms with E-state index >= 15 is 0 Å². The molecule has 0 bridgehead atoms. The van der Waals surface area contributed by atoms with Gasteiger partial charge < -0.3 is 5.32 Å². The average molecular weight is 353 g/mol. The minimum Gasteiger partial charge on any atom is -0.348 e. The van der Waals surface area contributed by atoms with Crippen molar-refractivity contribution in [2.45, 2.75) is 32.4 Å². The number of hydrogen-bond donors (Lipinski definition) is 1. The summed E-state index contributed by atoms with van der Waals surface area (Å²) in [6.45, 7) is 4.37. The number of carbonyl (C=O) groups is 1. The zero-order chi connectivity index (χ0) is 18.5. The quantitative estimate of drug-likeness (QED) is 0.661. The van der Waals surface area contributed by atoms with Crippen molar-refractivity contribution in [2.75, 3.05) is 13.1 Å². The second-order valence-corrected chi connectivity index (χ2v) is 6.79. The lowest BCUT2D eigenvalue weighted by atomic mass is 10.0. The summed E-state index contributed by atoms with van der Waals surface area (Å²) < 4.78 is 0. The van der Waals surface area contributed by atoms with Crippen molar-refractivity contribution in [1.82, 2.24) is 10.2 Å². The highest BCUT2D eigenvalue weighted by molar-refractivity contribution is 5.94. The van der Waals surface area contributed by atoms with Crippen LogP contribution in [-0.4, -0.2) is 34.9 Å². The molecule has 0 aromatic heterocycles. The second kappa shape index (κ2) is 8.10. The fraction of sp³-hybridized carbons (Fsp3) is 0.350. The molecule has 3 rings (SSSR count). The predicted molar refractivity (Wildman–Crippen MR) is 100 cm³/mol. The van der Waals surface area contributed by atoms with Crippen LogP contribution in [-0.2, 0) is 6.54 Å². The SMILES string of the molecule is Cc1cc(C(=O)NC2CCCN(Cc3ccccc3)C2)ccc1[N+](=O)[O-]. The predicted octanol–water partition coefficient (Wildman–Crippen LogP) is 3.30. The van der Waals surface area contributed by atoms with Crippen molar-refractivity contribution in [3.05, 3.63) is 75.3 Å². The van der Waals surface area contributed by atoms with Gasteiger partial charge in [-0.2, -0.15) is 0 Å². The van der Waals surface area contributed by atoms with Crippen LogP contribution in [0, 0.1) is 17.0 Å². The molecule has 0 aliphatic carbocycles. The topological polar surface area (TPSA) is 75.5 Å². The fourth-order valence-electron chi connectivity index (χ4n) is 3.43. The number of nitro groups is 1. The van der Waals surface area contributed by atoms with Crippen molar-refractivity contribution in [3.63, 3.8) is 0 Å². The van der Waals surface area contributed by atoms with Crippen LogP contribution in [0.25, 0.3) is 0 Å². The molecule has 0 saturated carbocycles. The van der Waals surface area contributed by atoms with Gasteiger partial charge in [0.2, 0.25) is 0 Å². The van der Waals surface area contributed by atoms with Crippen molar-refractivity contribution >= 4 is 11.6 Å². The molecule has 6 heteroatoms. The number of piperidine rings is 1. The minimum atomic E-state index is -0.431. The third-order valence-corrected chi connectivity index (χ3v) is 4.75. The molecule has 1 amide bonds. The Morgan fingerprint density at radius 3 is 2.73 bits per heavy atom. The normalized spacial score (nSPS) is 17.7. The highest BCUT2D eigenvalue weighted by Crippen LogP contribution is 2.19. The van der Waals surface area contributed by atoms with Gasteiger partial charge in [-0.1, -0.05) is 30.3 Å². The fourth-order valence-corrected chi connectivity index (χ4v) is 3.43. The van der Waals surface area contributed by atoms with Gasteiger partial charge in [0, 0.05) is 36.3 Å². The third-order valence-electron chi connectivity index (χ3n) is 4.75. The molecule has 0 spiro atoms. The van der Waals surface area contributed by atoms with Crippen molar-refractivity contribution in [2.24, 2.45) is 0 Å². The first kappa shape index (κ1) is 18.1. The van der Waals surface area contributed by atoms with Gasteiger partial charge in [0.25, 0.3) is 11.6 Å². The molecule has 26 heavy (non-hydrogen) atoms. The van der Waals surface area contributed by atoms with E-state index in [1.807, 2.05) is 18.2 Å². The molecule has 1 aliphatic rings. The number of likely N-dealkylation sites (tertiary alicyclic amines) is 1. The van der Waals surface area contributed by atoms with E-state index in [0.29, 0.717) is 11.1 Å². The number of benzene rings is 2. The van der Waals surface area contributed by atoms with Crippen LogP contribution in [0.2, 0.25) is 0 Å². The molecule has 0 radical (unpaired) electrons. The van der Waals surface area contributed by atoms with Gasteiger partial charge in [-0.05, 0) is 44.0 Å². The van der Waals surface area contributed by atoms with E-state index in [1.165, 1.54) is 17.7 Å². The van der Waals surface area contributed by atoms with E-state index < -0.39 is 4.92 Å². The number of hydrogen-bond acceptors (Lipinski definition) is 4. The summed E-state index contributed by atoms with van der Waals surface area (Å²) in [5.74, 6) is -0.172. The number of nitro benzene ring substituents is 1. The molecule has 1 N–H and O–H groups in total. The maximum Gasteiger partial charge on any atom is 0.272 e. The number of aryl methyl sites for hydroxylation is 1. The summed E-state index contributed by atoms with van der Waals surface area (Å²) in [7, 11) is 0. The smallest absolute Gasteiger partial charge is 0.272 e. The van der Waals surface area contributed by atoms with Gasteiger partial charge >= 0.3 is 0 Å². The Balaban J connectivity index is 1.60. The van der Waals surface area contributed by atoms with E-state index in [2.05, 4.69) is 22.3 Å². The number of nitrogens with one attached hydrogen (secondary N) is 1. The summed E-state index contributed by atoms with van der Waals surface area (Å²) >= 11 is 0. The Kier molecular flexibility index (Phi) is 5.63. The van der Waals surface area contributed by atoms with Gasteiger partial charge in [-0.25, -0.2) is 0 Å². The molecule has 1 heterocycles. The highest BCUT2D eigenvalue weighted by atomic mass is 16.6. The number of amides is 1. The van der Waals surface area contributed by atoms with Gasteiger partial charge in [-0.3, -0.25) is 19.8 Å². The monoisotopic (exact) mass is 353 g/mol. The van der Waals surface area contributed by atoms with Gasteiger partial charge in [0.1, 0.15) is 0 Å². The standard InChI is InChI=1S/C20H23N3O3/c1-15-12-17(9-10-19(15)23(25)26)20(24)21-18-8-5-11-22(14-18)13-16-6-3-2-4-7-16/h2-4,6-7,9-10,12,18H,5,8,11,13-14H2,1H3,(H,21,24). The van der Waals surface area contributed by atoms with E-state index in [1.54, 1.807) is 13.0 Å². The molecule has 1 aliphatic heterocycles. The van der Waals surface area contributed by atoms with E-state index in [9.17, 15) is 14.9 Å². The van der Waals surface area contributed by atoms with Crippen molar-refractivity contribution < 1.29 is 9.72 Å². The van der Waals surface area contributed by atoms with Gasteiger partial charge in [0.05, 0.1) is 4.92 Å². The maximum absolute atomic E-state index is 12.5. The highest BCUT2D eigenvalue weighted by Gasteiger charge is 2.22. The first-order valence-corrected chi connectivity index (χ1v) is 8.85. The van der Waals surface area contributed by atoms with E-state index in [4.69, 9.17) is 0 Å². The maximum atomic E-state index is 12.5. The molecule has 1 saturated heterocycles. The van der Waals surface area contributed by atoms with Crippen LogP contribution in [0.15, 0.2) is 48.5 Å². The van der Waals surface area contributed by atoms with Crippen molar-refractivity contribution in [3.8, 4) is 0 Å². The largest absolute Gasteiger partial charge is 0.348 e. The van der Waals surface area contributed by atoms with E-state index in [-0.39, 0.29) is 17.6 Å². The number of rotatable bonds is 5. The summed E-state index contributed by atoms with van der Waals surface area (Å²) in [4.78, 5) is 25.3. The van der Waals surface area contributed by atoms with Crippen LogP contribution < -0.4 is 5.32 Å². The molecule has 136 valence electrons. The van der Waals surface area contributed by atoms with Gasteiger partial charge in [0.15, 0.2) is 0 Å². The second-order valence-electron chi connectivity index (χ2n) is 6.79. The Bertz CT molecular complexity index is 792. The van der Waals surface area contributed by atoms with Crippen LogP contribution in [0.3, 0.4) is 0 Å². The number of nitrogens with zero attached hydrogens (tertiary/aromatic N) is 2. The lowest BCUT2D eigenvalue weighted by molar-refractivity contribution is -0.385. The lowest BCUT2D eigenvalue weighted by Crippen LogP contribution is -2.47. The Morgan fingerprint density at radius 2 is 2.04 bits per heavy atom. The third kappa shape index (κ3) is 4.46. The first-order chi connectivity index (χ1) is 12.5. The zero-order valence-corrected chi connectivity index (χ0v) is 14.9. The minimum absolute atomic E-state index is 0.0354. The van der Waals surface area contributed by atoms with E-state index in [0.717, 1.165) is 32.5 Å². The molecular weight excluding hydrogens is 330 g/mol. The Morgan fingerprint density at radius 1 is 1.27 bits per heavy atom. The summed E-state index contributed by atoms with van der Waals surface area (Å²) in [6.07, 6.45) is 1.99. The summed E-state index contributed by atoms with van der Waals surface area (Å²) in [5, 5.41) is 14.0. The average Bonchev–Trinajstić information content (AvgIpc) is 2.62. The van der Waals surface area contributed by atoms with Crippen LogP contribution in [0.1, 0.15) is 34.3 Å². The molecule has 2 aromatic rings. The molecule has 6 nitrogen and oxygen atoms in total.